The number of rotatable bonds is 3. The van der Waals surface area contributed by atoms with E-state index < -0.39 is 5.97 Å². The van der Waals surface area contributed by atoms with E-state index in [4.69, 9.17) is 10.5 Å². The van der Waals surface area contributed by atoms with Gasteiger partial charge in [0.15, 0.2) is 5.69 Å². The van der Waals surface area contributed by atoms with Gasteiger partial charge in [-0.25, -0.2) is 9.48 Å². The SMILES string of the molecule is CCOC(=O)c1nn(-c2cccc(C)c2)cc1N. The molecule has 1 aromatic heterocycles. The van der Waals surface area contributed by atoms with E-state index in [1.807, 2.05) is 31.2 Å². The fourth-order valence-electron chi connectivity index (χ4n) is 1.65. The average Bonchev–Trinajstić information content (AvgIpc) is 2.72. The van der Waals surface area contributed by atoms with Gasteiger partial charge in [0.1, 0.15) is 0 Å². The molecule has 0 saturated carbocycles. The van der Waals surface area contributed by atoms with Gasteiger partial charge in [0, 0.05) is 0 Å². The van der Waals surface area contributed by atoms with Crippen molar-refractivity contribution >= 4 is 11.7 Å². The van der Waals surface area contributed by atoms with Crippen molar-refractivity contribution in [3.63, 3.8) is 0 Å². The number of anilines is 1. The Kier molecular flexibility index (Phi) is 3.32. The summed E-state index contributed by atoms with van der Waals surface area (Å²) in [6, 6.07) is 7.77. The molecule has 0 fully saturated rings. The second-order valence-electron chi connectivity index (χ2n) is 3.94. The van der Waals surface area contributed by atoms with Gasteiger partial charge in [0.2, 0.25) is 0 Å². The lowest BCUT2D eigenvalue weighted by Crippen LogP contribution is -2.08. The number of nitrogen functional groups attached to an aromatic ring is 1. The Balaban J connectivity index is 2.37. The fraction of sp³-hybridized carbons (Fsp3) is 0.231. The van der Waals surface area contributed by atoms with Crippen molar-refractivity contribution in [1.82, 2.24) is 9.78 Å². The first-order valence-corrected chi connectivity index (χ1v) is 5.71. The quantitative estimate of drug-likeness (QED) is 0.839. The molecule has 2 rings (SSSR count). The Morgan fingerprint density at radius 1 is 1.50 bits per heavy atom. The van der Waals surface area contributed by atoms with E-state index in [9.17, 15) is 4.79 Å². The van der Waals surface area contributed by atoms with Gasteiger partial charge in [0.05, 0.1) is 24.2 Å². The molecule has 0 bridgehead atoms. The largest absolute Gasteiger partial charge is 0.461 e. The van der Waals surface area contributed by atoms with Crippen LogP contribution < -0.4 is 5.73 Å². The zero-order chi connectivity index (χ0) is 13.1. The molecule has 0 radical (unpaired) electrons. The standard InChI is InChI=1S/C13H15N3O2/c1-3-18-13(17)12-11(14)8-16(15-12)10-6-4-5-9(2)7-10/h4-8H,3,14H2,1-2H3. The summed E-state index contributed by atoms with van der Waals surface area (Å²) in [5.74, 6) is -0.499. The number of carbonyl (C=O) groups is 1. The van der Waals surface area contributed by atoms with E-state index in [2.05, 4.69) is 5.10 Å². The van der Waals surface area contributed by atoms with Gasteiger partial charge < -0.3 is 10.5 Å². The van der Waals surface area contributed by atoms with Crippen LogP contribution in [0.4, 0.5) is 5.69 Å². The number of aryl methyl sites for hydroxylation is 1. The lowest BCUT2D eigenvalue weighted by atomic mass is 10.2. The van der Waals surface area contributed by atoms with Gasteiger partial charge in [-0.15, -0.1) is 0 Å². The number of nitrogens with zero attached hydrogens (tertiary/aromatic N) is 2. The van der Waals surface area contributed by atoms with E-state index in [0.29, 0.717) is 12.3 Å². The van der Waals surface area contributed by atoms with E-state index in [-0.39, 0.29) is 5.69 Å². The zero-order valence-electron chi connectivity index (χ0n) is 10.4. The number of hydrogen-bond donors (Lipinski definition) is 1. The molecule has 0 unspecified atom stereocenters. The Morgan fingerprint density at radius 2 is 2.28 bits per heavy atom. The van der Waals surface area contributed by atoms with E-state index >= 15 is 0 Å². The van der Waals surface area contributed by atoms with Crippen LogP contribution in [0.2, 0.25) is 0 Å². The molecule has 0 saturated heterocycles. The van der Waals surface area contributed by atoms with Gasteiger partial charge >= 0.3 is 5.97 Å². The summed E-state index contributed by atoms with van der Waals surface area (Å²) >= 11 is 0. The van der Waals surface area contributed by atoms with Crippen LogP contribution in [0.15, 0.2) is 30.5 Å². The van der Waals surface area contributed by atoms with Crippen LogP contribution in [0.3, 0.4) is 0 Å². The number of nitrogens with two attached hydrogens (primary N) is 1. The highest BCUT2D eigenvalue weighted by Crippen LogP contribution is 2.16. The van der Waals surface area contributed by atoms with Crippen molar-refractivity contribution in [1.29, 1.82) is 0 Å². The van der Waals surface area contributed by atoms with Crippen LogP contribution in [0.1, 0.15) is 23.0 Å². The predicted molar refractivity (Wildman–Crippen MR) is 68.7 cm³/mol. The minimum atomic E-state index is -0.499. The first kappa shape index (κ1) is 12.2. The van der Waals surface area contributed by atoms with Gasteiger partial charge in [-0.1, -0.05) is 12.1 Å². The van der Waals surface area contributed by atoms with Crippen LogP contribution in [0, 0.1) is 6.92 Å². The van der Waals surface area contributed by atoms with Gasteiger partial charge in [-0.05, 0) is 31.5 Å². The molecule has 0 atom stereocenters. The van der Waals surface area contributed by atoms with Crippen LogP contribution >= 0.6 is 0 Å². The van der Waals surface area contributed by atoms with Crippen molar-refractivity contribution in [2.24, 2.45) is 0 Å². The third-order valence-corrected chi connectivity index (χ3v) is 2.48. The highest BCUT2D eigenvalue weighted by molar-refractivity contribution is 5.92. The Hall–Kier alpha value is -2.30. The molecular weight excluding hydrogens is 230 g/mol. The Bertz CT molecular complexity index is 575. The molecule has 2 aromatic rings. The van der Waals surface area contributed by atoms with Crippen molar-refractivity contribution in [3.05, 3.63) is 41.7 Å². The lowest BCUT2D eigenvalue weighted by molar-refractivity contribution is 0.0520. The average molecular weight is 245 g/mol. The molecule has 0 aliphatic rings. The summed E-state index contributed by atoms with van der Waals surface area (Å²) in [6.45, 7) is 4.03. The summed E-state index contributed by atoms with van der Waals surface area (Å²) in [6.07, 6.45) is 1.61. The molecule has 94 valence electrons. The lowest BCUT2D eigenvalue weighted by Gasteiger charge is -2.01. The normalized spacial score (nSPS) is 10.3. The Morgan fingerprint density at radius 3 is 2.94 bits per heavy atom. The van der Waals surface area contributed by atoms with E-state index in [1.54, 1.807) is 17.8 Å². The van der Waals surface area contributed by atoms with Gasteiger partial charge in [-0.2, -0.15) is 5.10 Å². The maximum Gasteiger partial charge on any atom is 0.361 e. The van der Waals surface area contributed by atoms with E-state index in [1.165, 1.54) is 0 Å². The zero-order valence-corrected chi connectivity index (χ0v) is 10.4. The molecular formula is C13H15N3O2. The predicted octanol–water partition coefficient (Wildman–Crippen LogP) is 1.94. The Labute approximate surface area is 105 Å². The van der Waals surface area contributed by atoms with Crippen molar-refractivity contribution in [2.75, 3.05) is 12.3 Å². The first-order valence-electron chi connectivity index (χ1n) is 5.71. The van der Waals surface area contributed by atoms with Crippen LogP contribution in [-0.4, -0.2) is 22.4 Å². The second-order valence-corrected chi connectivity index (χ2v) is 3.94. The molecule has 0 amide bonds. The monoisotopic (exact) mass is 245 g/mol. The molecule has 1 heterocycles. The number of hydrogen-bond acceptors (Lipinski definition) is 4. The third-order valence-electron chi connectivity index (χ3n) is 2.48. The van der Waals surface area contributed by atoms with Crippen LogP contribution in [-0.2, 0) is 4.74 Å². The summed E-state index contributed by atoms with van der Waals surface area (Å²) in [7, 11) is 0. The number of carbonyl (C=O) groups excluding carboxylic acids is 1. The first-order chi connectivity index (χ1) is 8.61. The van der Waals surface area contributed by atoms with Crippen LogP contribution in [0.5, 0.6) is 0 Å². The van der Waals surface area contributed by atoms with Crippen LogP contribution in [0.25, 0.3) is 5.69 Å². The number of aromatic nitrogens is 2. The number of benzene rings is 1. The molecule has 2 N–H and O–H groups in total. The summed E-state index contributed by atoms with van der Waals surface area (Å²) in [4.78, 5) is 11.6. The van der Waals surface area contributed by atoms with Crippen molar-refractivity contribution in [2.45, 2.75) is 13.8 Å². The molecule has 0 aliphatic heterocycles. The van der Waals surface area contributed by atoms with E-state index in [0.717, 1.165) is 11.3 Å². The molecule has 18 heavy (non-hydrogen) atoms. The summed E-state index contributed by atoms with van der Waals surface area (Å²) in [5.41, 5.74) is 8.20. The van der Waals surface area contributed by atoms with Gasteiger partial charge in [0.25, 0.3) is 0 Å². The minimum Gasteiger partial charge on any atom is -0.461 e. The van der Waals surface area contributed by atoms with Gasteiger partial charge in [-0.3, -0.25) is 0 Å². The second kappa shape index (κ2) is 4.91. The smallest absolute Gasteiger partial charge is 0.361 e. The molecule has 5 nitrogen and oxygen atoms in total. The van der Waals surface area contributed by atoms with Crippen molar-refractivity contribution in [3.8, 4) is 5.69 Å². The maximum atomic E-state index is 11.6. The van der Waals surface area contributed by atoms with Crippen molar-refractivity contribution < 1.29 is 9.53 Å². The summed E-state index contributed by atoms with van der Waals surface area (Å²) < 4.78 is 6.46. The topological polar surface area (TPSA) is 70.1 Å². The molecule has 1 aromatic carbocycles. The highest BCUT2D eigenvalue weighted by Gasteiger charge is 2.16. The highest BCUT2D eigenvalue weighted by atomic mass is 16.5. The number of esters is 1. The minimum absolute atomic E-state index is 0.151. The third kappa shape index (κ3) is 2.34. The summed E-state index contributed by atoms with van der Waals surface area (Å²) in [5, 5.41) is 4.16. The molecule has 5 heteroatoms. The molecule has 0 spiro atoms. The fourth-order valence-corrected chi connectivity index (χ4v) is 1.65. The number of ether oxygens (including phenoxy) is 1. The molecule has 0 aliphatic carbocycles. The maximum absolute atomic E-state index is 11.6.